The van der Waals surface area contributed by atoms with E-state index in [-0.39, 0.29) is 0 Å². The van der Waals surface area contributed by atoms with Gasteiger partial charge >= 0.3 is 0 Å². The number of piperidine rings is 2. The Labute approximate surface area is 129 Å². The molecule has 4 heteroatoms. The molecule has 0 atom stereocenters. The lowest BCUT2D eigenvalue weighted by molar-refractivity contribution is -0.131. The molecule has 3 saturated heterocycles. The maximum Gasteiger partial charge on any atom is 0.223 e. The van der Waals surface area contributed by atoms with Crippen LogP contribution >= 0.6 is 0 Å². The first-order valence-electron chi connectivity index (χ1n) is 8.86. The standard InChI is InChI=1S/C17H31N3O/c1-18-12-6-17(7-13-18)8-14-20(15-17)16(21)5-11-19-9-3-2-4-10-19/h2-15H2,1H3. The molecule has 21 heavy (non-hydrogen) atoms. The summed E-state index contributed by atoms with van der Waals surface area (Å²) in [7, 11) is 2.21. The van der Waals surface area contributed by atoms with E-state index >= 15 is 0 Å². The minimum atomic E-state index is 0.399. The van der Waals surface area contributed by atoms with Crippen molar-refractivity contribution in [3.05, 3.63) is 0 Å². The van der Waals surface area contributed by atoms with Crippen LogP contribution in [0, 0.1) is 5.41 Å². The predicted octanol–water partition coefficient (Wildman–Crippen LogP) is 1.81. The molecule has 3 rings (SSSR count). The summed E-state index contributed by atoms with van der Waals surface area (Å²) in [5.41, 5.74) is 0.452. The van der Waals surface area contributed by atoms with Crippen molar-refractivity contribution in [3.63, 3.8) is 0 Å². The van der Waals surface area contributed by atoms with Crippen LogP contribution < -0.4 is 0 Å². The van der Waals surface area contributed by atoms with Crippen LogP contribution in [0.1, 0.15) is 44.9 Å². The van der Waals surface area contributed by atoms with Crippen LogP contribution in [-0.4, -0.2) is 73.5 Å². The second-order valence-corrected chi connectivity index (χ2v) is 7.52. The third kappa shape index (κ3) is 3.78. The number of carbonyl (C=O) groups excluding carboxylic acids is 1. The van der Waals surface area contributed by atoms with Crippen LogP contribution in [0.2, 0.25) is 0 Å². The van der Waals surface area contributed by atoms with Crippen LogP contribution in [-0.2, 0) is 4.79 Å². The van der Waals surface area contributed by atoms with E-state index < -0.39 is 0 Å². The van der Waals surface area contributed by atoms with E-state index in [2.05, 4.69) is 21.7 Å². The van der Waals surface area contributed by atoms with Crippen molar-refractivity contribution < 1.29 is 4.79 Å². The molecule has 0 bridgehead atoms. The number of hydrogen-bond donors (Lipinski definition) is 0. The minimum Gasteiger partial charge on any atom is -0.342 e. The highest BCUT2D eigenvalue weighted by atomic mass is 16.2. The van der Waals surface area contributed by atoms with Crippen molar-refractivity contribution in [3.8, 4) is 0 Å². The van der Waals surface area contributed by atoms with E-state index in [1.165, 1.54) is 64.7 Å². The van der Waals surface area contributed by atoms with Crippen molar-refractivity contribution in [1.82, 2.24) is 14.7 Å². The predicted molar refractivity (Wildman–Crippen MR) is 85.3 cm³/mol. The van der Waals surface area contributed by atoms with Crippen LogP contribution in [0.15, 0.2) is 0 Å². The van der Waals surface area contributed by atoms with E-state index in [4.69, 9.17) is 0 Å². The molecule has 0 radical (unpaired) electrons. The molecule has 3 fully saturated rings. The lowest BCUT2D eigenvalue weighted by atomic mass is 9.78. The molecule has 120 valence electrons. The molecule has 0 aromatic heterocycles. The van der Waals surface area contributed by atoms with Gasteiger partial charge in [-0.3, -0.25) is 4.79 Å². The molecule has 0 saturated carbocycles. The molecular weight excluding hydrogens is 262 g/mol. The van der Waals surface area contributed by atoms with Gasteiger partial charge in [0.15, 0.2) is 0 Å². The topological polar surface area (TPSA) is 26.8 Å². The fourth-order valence-electron chi connectivity index (χ4n) is 4.24. The molecule has 0 aromatic rings. The Morgan fingerprint density at radius 3 is 2.33 bits per heavy atom. The minimum absolute atomic E-state index is 0.399. The monoisotopic (exact) mass is 293 g/mol. The molecule has 4 nitrogen and oxygen atoms in total. The van der Waals surface area contributed by atoms with Crippen LogP contribution in [0.4, 0.5) is 0 Å². The van der Waals surface area contributed by atoms with Gasteiger partial charge in [-0.2, -0.15) is 0 Å². The van der Waals surface area contributed by atoms with Crippen molar-refractivity contribution in [2.75, 3.05) is 52.9 Å². The highest BCUT2D eigenvalue weighted by Crippen LogP contribution is 2.40. The summed E-state index contributed by atoms with van der Waals surface area (Å²) >= 11 is 0. The van der Waals surface area contributed by atoms with Crippen molar-refractivity contribution in [2.45, 2.75) is 44.9 Å². The van der Waals surface area contributed by atoms with Crippen LogP contribution in [0.3, 0.4) is 0 Å². The first-order chi connectivity index (χ1) is 10.2. The average Bonchev–Trinajstić information content (AvgIpc) is 2.93. The Bertz CT molecular complexity index is 357. The molecule has 0 aromatic carbocycles. The lowest BCUT2D eigenvalue weighted by Crippen LogP contribution is -2.41. The number of rotatable bonds is 3. The smallest absolute Gasteiger partial charge is 0.223 e. The van der Waals surface area contributed by atoms with E-state index in [0.717, 1.165) is 26.1 Å². The summed E-state index contributed by atoms with van der Waals surface area (Å²) < 4.78 is 0. The SMILES string of the molecule is CN1CCC2(CC1)CCN(C(=O)CCN1CCCCC1)C2. The summed E-state index contributed by atoms with van der Waals surface area (Å²) in [6, 6.07) is 0. The zero-order valence-electron chi connectivity index (χ0n) is 13.6. The maximum absolute atomic E-state index is 12.5. The number of hydrogen-bond acceptors (Lipinski definition) is 3. The number of carbonyl (C=O) groups is 1. The Hall–Kier alpha value is -0.610. The lowest BCUT2D eigenvalue weighted by Gasteiger charge is -2.37. The number of nitrogens with zero attached hydrogens (tertiary/aromatic N) is 3. The first-order valence-corrected chi connectivity index (χ1v) is 8.86. The Morgan fingerprint density at radius 2 is 1.62 bits per heavy atom. The van der Waals surface area contributed by atoms with Gasteiger partial charge in [0.2, 0.25) is 5.91 Å². The van der Waals surface area contributed by atoms with Crippen molar-refractivity contribution in [2.24, 2.45) is 5.41 Å². The highest BCUT2D eigenvalue weighted by molar-refractivity contribution is 5.76. The second-order valence-electron chi connectivity index (χ2n) is 7.52. The molecule has 0 unspecified atom stereocenters. The summed E-state index contributed by atoms with van der Waals surface area (Å²) in [5, 5.41) is 0. The molecule has 3 aliphatic rings. The highest BCUT2D eigenvalue weighted by Gasteiger charge is 2.41. The summed E-state index contributed by atoms with van der Waals surface area (Å²) in [5.74, 6) is 0.399. The third-order valence-corrected chi connectivity index (χ3v) is 5.93. The van der Waals surface area contributed by atoms with Gasteiger partial charge in [-0.25, -0.2) is 0 Å². The number of likely N-dealkylation sites (tertiary alicyclic amines) is 3. The number of amides is 1. The molecule has 3 aliphatic heterocycles. The van der Waals surface area contributed by atoms with Gasteiger partial charge in [0.25, 0.3) is 0 Å². The fraction of sp³-hybridized carbons (Fsp3) is 0.941. The molecule has 0 N–H and O–H groups in total. The summed E-state index contributed by atoms with van der Waals surface area (Å²) in [4.78, 5) is 19.5. The Kier molecular flexibility index (Phi) is 4.85. The quantitative estimate of drug-likeness (QED) is 0.794. The normalized spacial score (nSPS) is 27.4. The van der Waals surface area contributed by atoms with E-state index in [9.17, 15) is 4.79 Å². The van der Waals surface area contributed by atoms with E-state index in [0.29, 0.717) is 11.3 Å². The van der Waals surface area contributed by atoms with Crippen LogP contribution in [0.25, 0.3) is 0 Å². The van der Waals surface area contributed by atoms with Gasteiger partial charge in [0.05, 0.1) is 0 Å². The van der Waals surface area contributed by atoms with Gasteiger partial charge in [-0.15, -0.1) is 0 Å². The Morgan fingerprint density at radius 1 is 0.952 bits per heavy atom. The average molecular weight is 293 g/mol. The van der Waals surface area contributed by atoms with Gasteiger partial charge in [-0.1, -0.05) is 6.42 Å². The molecular formula is C17H31N3O. The maximum atomic E-state index is 12.5. The van der Waals surface area contributed by atoms with E-state index in [1.807, 2.05) is 0 Å². The zero-order valence-corrected chi connectivity index (χ0v) is 13.6. The largest absolute Gasteiger partial charge is 0.342 e. The van der Waals surface area contributed by atoms with Gasteiger partial charge in [-0.05, 0) is 70.7 Å². The Balaban J connectivity index is 1.43. The fourth-order valence-corrected chi connectivity index (χ4v) is 4.24. The molecule has 0 aliphatic carbocycles. The van der Waals surface area contributed by atoms with Gasteiger partial charge < -0.3 is 14.7 Å². The molecule has 1 amide bonds. The van der Waals surface area contributed by atoms with Crippen LogP contribution in [0.5, 0.6) is 0 Å². The second kappa shape index (κ2) is 6.66. The molecule has 3 heterocycles. The molecule has 1 spiro atoms. The van der Waals surface area contributed by atoms with Gasteiger partial charge in [0, 0.05) is 26.1 Å². The zero-order chi connectivity index (χ0) is 14.7. The van der Waals surface area contributed by atoms with Crippen molar-refractivity contribution >= 4 is 5.91 Å². The third-order valence-electron chi connectivity index (χ3n) is 5.93. The van der Waals surface area contributed by atoms with E-state index in [1.54, 1.807) is 0 Å². The first kappa shape index (κ1) is 15.3. The summed E-state index contributed by atoms with van der Waals surface area (Å²) in [6.45, 7) is 7.81. The van der Waals surface area contributed by atoms with Gasteiger partial charge in [0.1, 0.15) is 0 Å². The summed E-state index contributed by atoms with van der Waals surface area (Å²) in [6.07, 6.45) is 8.52. The van der Waals surface area contributed by atoms with Crippen molar-refractivity contribution in [1.29, 1.82) is 0 Å².